The molecule has 34 heavy (non-hydrogen) atoms. The van der Waals surface area contributed by atoms with E-state index in [1.807, 2.05) is 13.8 Å². The van der Waals surface area contributed by atoms with E-state index in [1.54, 1.807) is 47.1 Å². The van der Waals surface area contributed by atoms with Gasteiger partial charge in [0.05, 0.1) is 0 Å². The van der Waals surface area contributed by atoms with E-state index >= 15 is 0 Å². The van der Waals surface area contributed by atoms with Crippen molar-refractivity contribution in [1.29, 1.82) is 0 Å². The van der Waals surface area contributed by atoms with Crippen LogP contribution < -0.4 is 4.74 Å². The second-order valence-corrected chi connectivity index (χ2v) is 9.26. The Hall–Kier alpha value is -3.33. The Labute approximate surface area is 197 Å². The highest BCUT2D eigenvalue weighted by molar-refractivity contribution is 5.95. The predicted octanol–water partition coefficient (Wildman–Crippen LogP) is 3.56. The summed E-state index contributed by atoms with van der Waals surface area (Å²) in [6.45, 7) is 6.18. The lowest BCUT2D eigenvalue weighted by atomic mass is 10.0. The molecule has 2 amide bonds. The summed E-state index contributed by atoms with van der Waals surface area (Å²) in [4.78, 5) is 40.6. The Morgan fingerprint density at radius 2 is 1.74 bits per heavy atom. The van der Waals surface area contributed by atoms with Gasteiger partial charge in [-0.25, -0.2) is 4.39 Å². The molecular formula is C25H28FN3O5. The minimum atomic E-state index is -1.24. The van der Waals surface area contributed by atoms with Gasteiger partial charge in [0.1, 0.15) is 17.2 Å². The standard InChI is InChI=1S/C25H28FN3O5/c1-15-4-9-20(26)12-21(15)34-22(27-33)18-5-7-19(8-6-18)23(30)28-13-16(2)29(17(3)14-28)24(31)25(32)10-11-25/h4-9,12,16-17,22,32H,10-11,13-14H2,1-3H3/t16-,17+,22?. The Morgan fingerprint density at radius 1 is 1.12 bits per heavy atom. The number of carbonyl (C=O) groups is 2. The molecule has 4 rings (SSSR count). The van der Waals surface area contributed by atoms with Crippen molar-refractivity contribution in [2.75, 3.05) is 13.1 Å². The molecule has 2 aromatic carbocycles. The minimum absolute atomic E-state index is 0.194. The fourth-order valence-corrected chi connectivity index (χ4v) is 4.41. The van der Waals surface area contributed by atoms with E-state index < -0.39 is 17.6 Å². The lowest BCUT2D eigenvalue weighted by Crippen LogP contribution is -2.62. The quantitative estimate of drug-likeness (QED) is 0.652. The van der Waals surface area contributed by atoms with Crippen LogP contribution in [0.3, 0.4) is 0 Å². The van der Waals surface area contributed by atoms with Gasteiger partial charge in [-0.1, -0.05) is 18.2 Å². The van der Waals surface area contributed by atoms with Gasteiger partial charge in [0.15, 0.2) is 0 Å². The number of hydrogen-bond donors (Lipinski definition) is 1. The second kappa shape index (κ2) is 9.13. The number of aliphatic hydroxyl groups is 1. The molecule has 0 bridgehead atoms. The molecule has 8 nitrogen and oxygen atoms in total. The number of nitrogens with zero attached hydrogens (tertiary/aromatic N) is 3. The summed E-state index contributed by atoms with van der Waals surface area (Å²) in [5.41, 5.74) is 0.289. The maximum absolute atomic E-state index is 13.5. The molecule has 2 aliphatic rings. The number of amides is 2. The van der Waals surface area contributed by atoms with Crippen molar-refractivity contribution in [3.8, 4) is 5.75 Å². The molecule has 9 heteroatoms. The zero-order valence-corrected chi connectivity index (χ0v) is 19.4. The van der Waals surface area contributed by atoms with Crippen molar-refractivity contribution in [2.24, 2.45) is 5.18 Å². The van der Waals surface area contributed by atoms with Crippen LogP contribution >= 0.6 is 0 Å². The van der Waals surface area contributed by atoms with E-state index in [0.717, 1.165) is 0 Å². The van der Waals surface area contributed by atoms with Gasteiger partial charge in [-0.3, -0.25) is 9.59 Å². The number of aryl methyl sites for hydroxylation is 1. The highest BCUT2D eigenvalue weighted by Gasteiger charge is 2.52. The van der Waals surface area contributed by atoms with Gasteiger partial charge in [0.25, 0.3) is 18.0 Å². The third kappa shape index (κ3) is 4.65. The number of rotatable bonds is 6. The number of halogens is 1. The summed E-state index contributed by atoms with van der Waals surface area (Å²) in [7, 11) is 0. The largest absolute Gasteiger partial charge is 0.461 e. The average molecular weight is 470 g/mol. The molecule has 2 fully saturated rings. The third-order valence-electron chi connectivity index (χ3n) is 6.49. The van der Waals surface area contributed by atoms with Gasteiger partial charge in [-0.2, -0.15) is 0 Å². The van der Waals surface area contributed by atoms with E-state index in [2.05, 4.69) is 5.18 Å². The van der Waals surface area contributed by atoms with Crippen LogP contribution in [0.25, 0.3) is 0 Å². The Kier molecular flexibility index (Phi) is 6.40. The van der Waals surface area contributed by atoms with E-state index in [0.29, 0.717) is 42.6 Å². The number of nitroso groups, excluding NO2 is 1. The molecule has 0 radical (unpaired) electrons. The smallest absolute Gasteiger partial charge is 0.255 e. The zero-order valence-electron chi connectivity index (χ0n) is 19.4. The third-order valence-corrected chi connectivity index (χ3v) is 6.49. The van der Waals surface area contributed by atoms with Crippen molar-refractivity contribution < 1.29 is 23.8 Å². The number of carbonyl (C=O) groups excluding carboxylic acids is 2. The van der Waals surface area contributed by atoms with Crippen LogP contribution in [0, 0.1) is 17.6 Å². The average Bonchev–Trinajstić information content (AvgIpc) is 3.57. The van der Waals surface area contributed by atoms with E-state index in [9.17, 15) is 24.0 Å². The summed E-state index contributed by atoms with van der Waals surface area (Å²) < 4.78 is 19.1. The molecule has 1 unspecified atom stereocenters. The summed E-state index contributed by atoms with van der Waals surface area (Å²) in [5, 5.41) is 13.2. The molecule has 1 aliphatic heterocycles. The predicted molar refractivity (Wildman–Crippen MR) is 123 cm³/mol. The van der Waals surface area contributed by atoms with Crippen LogP contribution in [0.4, 0.5) is 4.39 Å². The molecule has 1 saturated heterocycles. The van der Waals surface area contributed by atoms with Gasteiger partial charge >= 0.3 is 0 Å². The Balaban J connectivity index is 1.44. The summed E-state index contributed by atoms with van der Waals surface area (Å²) in [6, 6.07) is 9.96. The molecule has 0 aromatic heterocycles. The van der Waals surface area contributed by atoms with Crippen molar-refractivity contribution in [3.05, 3.63) is 69.9 Å². The van der Waals surface area contributed by atoms with Gasteiger partial charge in [0.2, 0.25) is 0 Å². The van der Waals surface area contributed by atoms with Crippen molar-refractivity contribution >= 4 is 11.8 Å². The molecular weight excluding hydrogens is 441 g/mol. The Bertz CT molecular complexity index is 1090. The first-order valence-corrected chi connectivity index (χ1v) is 11.3. The zero-order chi connectivity index (χ0) is 24.6. The van der Waals surface area contributed by atoms with Gasteiger partial charge < -0.3 is 19.6 Å². The van der Waals surface area contributed by atoms with E-state index in [1.165, 1.54) is 12.1 Å². The fraction of sp³-hybridized carbons (Fsp3) is 0.440. The molecule has 3 atom stereocenters. The first kappa shape index (κ1) is 23.8. The molecule has 1 N–H and O–H groups in total. The highest BCUT2D eigenvalue weighted by atomic mass is 19.1. The number of piperazine rings is 1. The SMILES string of the molecule is Cc1ccc(F)cc1OC(N=O)c1ccc(C(=O)N2C[C@@H](C)N(C(=O)C3(O)CC3)[C@@H](C)C2)cc1. The molecule has 0 spiro atoms. The normalized spacial score (nSPS) is 22.1. The maximum atomic E-state index is 13.5. The number of benzene rings is 2. The topological polar surface area (TPSA) is 99.5 Å². The highest BCUT2D eigenvalue weighted by Crippen LogP contribution is 2.38. The number of hydrogen-bond acceptors (Lipinski definition) is 6. The van der Waals surface area contributed by atoms with Crippen LogP contribution in [-0.4, -0.2) is 57.5 Å². The number of ether oxygens (including phenoxy) is 1. The lowest BCUT2D eigenvalue weighted by Gasteiger charge is -2.45. The van der Waals surface area contributed by atoms with Gasteiger partial charge in [0, 0.05) is 42.4 Å². The van der Waals surface area contributed by atoms with Crippen LogP contribution in [0.2, 0.25) is 0 Å². The van der Waals surface area contributed by atoms with Crippen molar-refractivity contribution in [2.45, 2.75) is 57.5 Å². The first-order chi connectivity index (χ1) is 16.1. The van der Waals surface area contributed by atoms with Crippen LogP contribution in [0.1, 0.15) is 54.4 Å². The monoisotopic (exact) mass is 469 g/mol. The van der Waals surface area contributed by atoms with Crippen molar-refractivity contribution in [1.82, 2.24) is 9.80 Å². The second-order valence-electron chi connectivity index (χ2n) is 9.26. The lowest BCUT2D eigenvalue weighted by molar-refractivity contribution is -0.150. The molecule has 180 valence electrons. The summed E-state index contributed by atoms with van der Waals surface area (Å²) >= 11 is 0. The first-order valence-electron chi connectivity index (χ1n) is 11.3. The van der Waals surface area contributed by atoms with E-state index in [-0.39, 0.29) is 29.6 Å². The van der Waals surface area contributed by atoms with Gasteiger partial charge in [-0.15, -0.1) is 4.91 Å². The minimum Gasteiger partial charge on any atom is -0.461 e. The van der Waals surface area contributed by atoms with Crippen molar-refractivity contribution in [3.63, 3.8) is 0 Å². The maximum Gasteiger partial charge on any atom is 0.255 e. The molecule has 1 saturated carbocycles. The van der Waals surface area contributed by atoms with Crippen LogP contribution in [-0.2, 0) is 4.79 Å². The summed E-state index contributed by atoms with van der Waals surface area (Å²) in [5.74, 6) is -0.719. The van der Waals surface area contributed by atoms with Crippen LogP contribution in [0.5, 0.6) is 5.75 Å². The molecule has 2 aromatic rings. The summed E-state index contributed by atoms with van der Waals surface area (Å²) in [6.07, 6.45) is -0.223. The molecule has 1 aliphatic carbocycles. The fourth-order valence-electron chi connectivity index (χ4n) is 4.41. The van der Waals surface area contributed by atoms with E-state index in [4.69, 9.17) is 4.74 Å². The van der Waals surface area contributed by atoms with Gasteiger partial charge in [-0.05, 0) is 62.6 Å². The molecule has 1 heterocycles. The van der Waals surface area contributed by atoms with Crippen LogP contribution in [0.15, 0.2) is 47.6 Å². The Morgan fingerprint density at radius 3 is 2.29 bits per heavy atom.